The molecule has 2 aromatic carbocycles. The molecule has 1 aromatic heterocycles. The van der Waals surface area contributed by atoms with Crippen molar-refractivity contribution in [2.45, 2.75) is 32.2 Å². The second-order valence-electron chi connectivity index (χ2n) is 9.41. The molecule has 3 rings (SSSR count). The van der Waals surface area contributed by atoms with Crippen LogP contribution < -0.4 is 31.7 Å². The molecule has 6 N–H and O–H groups in total. The van der Waals surface area contributed by atoms with E-state index in [1.807, 2.05) is 42.5 Å². The molecule has 0 spiro atoms. The van der Waals surface area contributed by atoms with Crippen molar-refractivity contribution in [2.24, 2.45) is 5.73 Å². The number of amides is 1. The van der Waals surface area contributed by atoms with Crippen molar-refractivity contribution in [3.63, 3.8) is 0 Å². The van der Waals surface area contributed by atoms with Gasteiger partial charge in [-0.2, -0.15) is 15.0 Å². The zero-order valence-electron chi connectivity index (χ0n) is 24.4. The SMILES string of the molecule is COc1ccc(CNc2nc(NCCCCCCN)nc(NCCOCCOCCNC(=O)c3ccccc3)n2)cc1. The number of benzene rings is 2. The maximum absolute atomic E-state index is 12.0. The van der Waals surface area contributed by atoms with Crippen LogP contribution in [0.5, 0.6) is 5.75 Å². The summed E-state index contributed by atoms with van der Waals surface area (Å²) in [7, 11) is 1.65. The molecule has 42 heavy (non-hydrogen) atoms. The minimum atomic E-state index is -0.111. The van der Waals surface area contributed by atoms with E-state index in [1.165, 1.54) is 0 Å². The van der Waals surface area contributed by atoms with E-state index in [4.69, 9.17) is 19.9 Å². The topological polar surface area (TPSA) is 158 Å². The van der Waals surface area contributed by atoms with Crippen molar-refractivity contribution in [3.8, 4) is 5.75 Å². The van der Waals surface area contributed by atoms with Gasteiger partial charge in [-0.05, 0) is 49.2 Å². The number of rotatable bonds is 22. The lowest BCUT2D eigenvalue weighted by atomic mass is 10.2. The number of hydrogen-bond acceptors (Lipinski definition) is 11. The fourth-order valence-corrected chi connectivity index (χ4v) is 3.85. The second-order valence-corrected chi connectivity index (χ2v) is 9.41. The number of carbonyl (C=O) groups is 1. The molecule has 0 saturated heterocycles. The Labute approximate surface area is 248 Å². The van der Waals surface area contributed by atoms with Crippen LogP contribution in [0.4, 0.5) is 17.8 Å². The number of aromatic nitrogens is 3. The average molecular weight is 581 g/mol. The summed E-state index contributed by atoms with van der Waals surface area (Å²) < 4.78 is 16.4. The first-order chi connectivity index (χ1) is 20.7. The Hall–Kier alpha value is -4.00. The Morgan fingerprint density at radius 2 is 1.33 bits per heavy atom. The highest BCUT2D eigenvalue weighted by Gasteiger charge is 2.07. The standard InChI is InChI=1S/C30H44N8O4/c1-40-26-13-11-24(12-14-26)23-35-30-37-28(33-16-8-3-2-7-15-31)36-29(38-30)34-18-20-42-22-21-41-19-17-32-27(39)25-9-5-4-6-10-25/h4-6,9-14H,2-3,7-8,15-23,31H2,1H3,(H,32,39)(H3,33,34,35,36,37,38). The highest BCUT2D eigenvalue weighted by Crippen LogP contribution is 2.14. The lowest BCUT2D eigenvalue weighted by Gasteiger charge is -2.12. The lowest BCUT2D eigenvalue weighted by Crippen LogP contribution is -2.27. The van der Waals surface area contributed by atoms with E-state index in [1.54, 1.807) is 19.2 Å². The summed E-state index contributed by atoms with van der Waals surface area (Å²) in [6.07, 6.45) is 4.28. The van der Waals surface area contributed by atoms with E-state index in [9.17, 15) is 4.79 Å². The highest BCUT2D eigenvalue weighted by molar-refractivity contribution is 5.94. The van der Waals surface area contributed by atoms with Crippen molar-refractivity contribution in [3.05, 3.63) is 65.7 Å². The monoisotopic (exact) mass is 580 g/mol. The van der Waals surface area contributed by atoms with Crippen molar-refractivity contribution in [1.29, 1.82) is 0 Å². The van der Waals surface area contributed by atoms with Crippen LogP contribution in [0.15, 0.2) is 54.6 Å². The minimum Gasteiger partial charge on any atom is -0.497 e. The summed E-state index contributed by atoms with van der Waals surface area (Å²) in [6.45, 7) is 4.77. The van der Waals surface area contributed by atoms with E-state index in [2.05, 4.69) is 36.2 Å². The highest BCUT2D eigenvalue weighted by atomic mass is 16.5. The lowest BCUT2D eigenvalue weighted by molar-refractivity contribution is 0.0519. The summed E-state index contributed by atoms with van der Waals surface area (Å²) in [5, 5.41) is 12.6. The molecule has 0 aliphatic carbocycles. The predicted molar refractivity (Wildman–Crippen MR) is 165 cm³/mol. The van der Waals surface area contributed by atoms with E-state index in [0.29, 0.717) is 69.5 Å². The van der Waals surface area contributed by atoms with Crippen LogP contribution in [-0.4, -0.2) is 80.6 Å². The van der Waals surface area contributed by atoms with Gasteiger partial charge < -0.3 is 41.2 Å². The largest absolute Gasteiger partial charge is 0.497 e. The van der Waals surface area contributed by atoms with E-state index in [-0.39, 0.29) is 5.91 Å². The van der Waals surface area contributed by atoms with Crippen molar-refractivity contribution < 1.29 is 19.0 Å². The Morgan fingerprint density at radius 3 is 2.00 bits per heavy atom. The molecule has 3 aromatic rings. The number of unbranched alkanes of at least 4 members (excludes halogenated alkanes) is 3. The first-order valence-corrected chi connectivity index (χ1v) is 14.5. The molecular weight excluding hydrogens is 536 g/mol. The van der Waals surface area contributed by atoms with Crippen LogP contribution in [0.25, 0.3) is 0 Å². The van der Waals surface area contributed by atoms with Crippen molar-refractivity contribution >= 4 is 23.8 Å². The Bertz CT molecular complexity index is 1150. The van der Waals surface area contributed by atoms with Gasteiger partial charge in [-0.15, -0.1) is 0 Å². The van der Waals surface area contributed by atoms with Crippen LogP contribution in [0.2, 0.25) is 0 Å². The molecule has 228 valence electrons. The fourth-order valence-electron chi connectivity index (χ4n) is 3.85. The van der Waals surface area contributed by atoms with Gasteiger partial charge in [-0.3, -0.25) is 4.79 Å². The van der Waals surface area contributed by atoms with E-state index >= 15 is 0 Å². The number of carbonyl (C=O) groups excluding carboxylic acids is 1. The van der Waals surface area contributed by atoms with Gasteiger partial charge in [0.25, 0.3) is 5.91 Å². The molecule has 1 amide bonds. The number of anilines is 3. The fraction of sp³-hybridized carbons (Fsp3) is 0.467. The summed E-state index contributed by atoms with van der Waals surface area (Å²) in [5.74, 6) is 2.14. The zero-order chi connectivity index (χ0) is 29.7. The van der Waals surface area contributed by atoms with Crippen LogP contribution in [-0.2, 0) is 16.0 Å². The summed E-state index contributed by atoms with van der Waals surface area (Å²) in [4.78, 5) is 25.6. The summed E-state index contributed by atoms with van der Waals surface area (Å²) >= 11 is 0. The number of ether oxygens (including phenoxy) is 3. The van der Waals surface area contributed by atoms with Crippen molar-refractivity contribution in [1.82, 2.24) is 20.3 Å². The third-order valence-electron chi connectivity index (χ3n) is 6.13. The zero-order valence-corrected chi connectivity index (χ0v) is 24.4. The van der Waals surface area contributed by atoms with Gasteiger partial charge in [0.15, 0.2) is 0 Å². The molecule has 0 unspecified atom stereocenters. The number of hydrogen-bond donors (Lipinski definition) is 5. The van der Waals surface area contributed by atoms with Crippen LogP contribution in [0.1, 0.15) is 41.6 Å². The van der Waals surface area contributed by atoms with Gasteiger partial charge in [0.2, 0.25) is 17.8 Å². The molecule has 0 aliphatic rings. The third kappa shape index (κ3) is 13.1. The van der Waals surface area contributed by atoms with Crippen LogP contribution in [0.3, 0.4) is 0 Å². The number of nitrogens with zero attached hydrogens (tertiary/aromatic N) is 3. The first kappa shape index (κ1) is 32.5. The number of methoxy groups -OCH3 is 1. The normalized spacial score (nSPS) is 10.7. The molecular formula is C30H44N8O4. The second kappa shape index (κ2) is 20.0. The molecule has 0 fully saturated rings. The molecule has 0 aliphatic heterocycles. The molecule has 0 atom stereocenters. The maximum Gasteiger partial charge on any atom is 0.251 e. The number of nitrogens with two attached hydrogens (primary N) is 1. The molecule has 0 radical (unpaired) electrons. The third-order valence-corrected chi connectivity index (χ3v) is 6.13. The molecule has 12 nitrogen and oxygen atoms in total. The maximum atomic E-state index is 12.0. The predicted octanol–water partition coefficient (Wildman–Crippen LogP) is 3.30. The quantitative estimate of drug-likeness (QED) is 0.111. The Morgan fingerprint density at radius 1 is 0.714 bits per heavy atom. The average Bonchev–Trinajstić information content (AvgIpc) is 3.03. The Kier molecular flexibility index (Phi) is 15.5. The summed E-state index contributed by atoms with van der Waals surface area (Å²) in [6, 6.07) is 16.9. The van der Waals surface area contributed by atoms with E-state index in [0.717, 1.165) is 50.1 Å². The van der Waals surface area contributed by atoms with Gasteiger partial charge in [-0.1, -0.05) is 43.2 Å². The molecule has 0 bridgehead atoms. The van der Waals surface area contributed by atoms with Gasteiger partial charge in [-0.25, -0.2) is 0 Å². The van der Waals surface area contributed by atoms with Gasteiger partial charge in [0, 0.05) is 31.7 Å². The van der Waals surface area contributed by atoms with Crippen LogP contribution in [0, 0.1) is 0 Å². The minimum absolute atomic E-state index is 0.111. The summed E-state index contributed by atoms with van der Waals surface area (Å²) in [5.41, 5.74) is 7.29. The van der Waals surface area contributed by atoms with Gasteiger partial charge in [0.05, 0.1) is 33.5 Å². The van der Waals surface area contributed by atoms with Crippen LogP contribution >= 0.6 is 0 Å². The van der Waals surface area contributed by atoms with Gasteiger partial charge >= 0.3 is 0 Å². The Balaban J connectivity index is 1.36. The first-order valence-electron chi connectivity index (χ1n) is 14.5. The molecule has 1 heterocycles. The molecule has 12 heteroatoms. The van der Waals surface area contributed by atoms with E-state index < -0.39 is 0 Å². The van der Waals surface area contributed by atoms with Gasteiger partial charge in [0.1, 0.15) is 5.75 Å². The molecule has 0 saturated carbocycles. The smallest absolute Gasteiger partial charge is 0.251 e. The van der Waals surface area contributed by atoms with Crippen molar-refractivity contribution in [2.75, 3.05) is 75.7 Å². The number of nitrogens with one attached hydrogen (secondary N) is 4.